The van der Waals surface area contributed by atoms with Crippen molar-refractivity contribution in [3.8, 4) is 0 Å². The second-order valence-corrected chi connectivity index (χ2v) is 15.3. The zero-order chi connectivity index (χ0) is 25.7. The zero-order valence-corrected chi connectivity index (χ0v) is 22.9. The molecule has 4 N–H and O–H groups in total. The van der Waals surface area contributed by atoms with E-state index in [9.17, 15) is 4.39 Å². The number of hydrogen-bond donors (Lipinski definition) is 2. The average Bonchev–Trinajstić information content (AvgIpc) is 2.72. The maximum atomic E-state index is 15.9. The van der Waals surface area contributed by atoms with E-state index in [1.54, 1.807) is 24.3 Å². The average molecular weight is 611 g/mol. The Kier molecular flexibility index (Phi) is 7.05. The Morgan fingerprint density at radius 2 is 1.06 bits per heavy atom. The molecular weight excluding hydrogens is 596 g/mol. The molecule has 0 spiro atoms. The third-order valence-electron chi connectivity index (χ3n) is 5.42. The number of rotatable bonds is 4. The van der Waals surface area contributed by atoms with Crippen LogP contribution in [0.2, 0.25) is 25.1 Å². The molecule has 0 aliphatic carbocycles. The second kappa shape index (κ2) is 9.34. The maximum absolute atomic E-state index is 15.9. The van der Waals surface area contributed by atoms with E-state index in [1.165, 1.54) is 30.3 Å². The first-order valence-corrected chi connectivity index (χ1v) is 14.6. The second-order valence-electron chi connectivity index (χ2n) is 7.60. The molecule has 0 atom stereocenters. The van der Waals surface area contributed by atoms with E-state index in [4.69, 9.17) is 80.7 Å². The van der Waals surface area contributed by atoms with E-state index >= 15 is 4.39 Å². The Bertz CT molecular complexity index is 1420. The fourth-order valence-corrected chi connectivity index (χ4v) is 14.0. The van der Waals surface area contributed by atoms with E-state index < -0.39 is 19.4 Å². The van der Waals surface area contributed by atoms with Crippen molar-refractivity contribution in [2.45, 2.75) is 19.6 Å². The normalized spacial score (nSPS) is 12.8. The fraction of sp³-hybridized carbons (Fsp3) is 0. The van der Waals surface area contributed by atoms with Gasteiger partial charge in [0.2, 0.25) is 0 Å². The van der Waals surface area contributed by atoms with Crippen molar-refractivity contribution in [2.75, 3.05) is 11.5 Å². The first-order valence-electron chi connectivity index (χ1n) is 9.75. The van der Waals surface area contributed by atoms with Gasteiger partial charge in [0.1, 0.15) is 11.6 Å². The van der Waals surface area contributed by atoms with Crippen LogP contribution in [-0.4, -0.2) is 0 Å². The summed E-state index contributed by atoms with van der Waals surface area (Å²) in [7, 11) is -4.43. The summed E-state index contributed by atoms with van der Waals surface area (Å²) < 4.78 is 30.0. The van der Waals surface area contributed by atoms with Crippen LogP contribution in [0.3, 0.4) is 0 Å². The van der Waals surface area contributed by atoms with Crippen LogP contribution in [0.25, 0.3) is 0 Å². The molecule has 0 aliphatic heterocycles. The summed E-state index contributed by atoms with van der Waals surface area (Å²) in [5, 5.41) is 0.542. The van der Waals surface area contributed by atoms with Crippen molar-refractivity contribution < 1.29 is 8.78 Å². The van der Waals surface area contributed by atoms with Crippen LogP contribution < -0.4 is 11.5 Å². The predicted octanol–water partition coefficient (Wildman–Crippen LogP) is 9.08. The largest absolute Gasteiger partial charge is 0.399 e. The van der Waals surface area contributed by atoms with Gasteiger partial charge in [-0.1, -0.05) is 76.9 Å². The molecule has 4 rings (SSSR count). The topological polar surface area (TPSA) is 52.0 Å². The van der Waals surface area contributed by atoms with Gasteiger partial charge in [-0.15, -0.1) is 0 Å². The zero-order valence-electron chi connectivity index (χ0n) is 17.5. The summed E-state index contributed by atoms with van der Waals surface area (Å²) in [4.78, 5) is 0.573. The highest BCUT2D eigenvalue weighted by atomic mass is 35.5. The van der Waals surface area contributed by atoms with Gasteiger partial charge < -0.3 is 11.5 Å². The molecule has 0 unspecified atom stereocenters. The number of nitrogen functional groups attached to an aromatic ring is 2. The van der Waals surface area contributed by atoms with Gasteiger partial charge in [-0.05, 0) is 60.7 Å². The van der Waals surface area contributed by atoms with Gasteiger partial charge in [-0.25, -0.2) is 8.78 Å². The standard InChI is InChI=1S/C24H15Cl5F2N2S2/c25-12-7-18(28)24(19(29)8-12)35(34,21-5-2-14(32)10-16(21)26,22-6-3-15(33)11-17(22)27)23-4-1-13(30)9-20(23)31/h1-11H,32-33H2. The first kappa shape index (κ1) is 26.4. The van der Waals surface area contributed by atoms with Gasteiger partial charge in [-0.3, -0.25) is 0 Å². The van der Waals surface area contributed by atoms with Crippen molar-refractivity contribution in [3.05, 3.63) is 103 Å². The van der Waals surface area contributed by atoms with Gasteiger partial charge in [0, 0.05) is 42.0 Å². The van der Waals surface area contributed by atoms with Crippen LogP contribution in [-0.2, 0) is 18.9 Å². The summed E-state index contributed by atoms with van der Waals surface area (Å²) >= 11 is 39.9. The Hall–Kier alpha value is -1.64. The lowest BCUT2D eigenvalue weighted by Crippen LogP contribution is -2.36. The predicted molar refractivity (Wildman–Crippen MR) is 147 cm³/mol. The smallest absolute Gasteiger partial charge is 0.139 e. The molecule has 0 amide bonds. The van der Waals surface area contributed by atoms with Crippen LogP contribution >= 0.6 is 58.0 Å². The quantitative estimate of drug-likeness (QED) is 0.227. The fourth-order valence-electron chi connectivity index (χ4n) is 4.04. The lowest BCUT2D eigenvalue weighted by Gasteiger charge is -2.49. The summed E-state index contributed by atoms with van der Waals surface area (Å²) in [6.07, 6.45) is 0. The molecule has 2 nitrogen and oxygen atoms in total. The van der Waals surface area contributed by atoms with Gasteiger partial charge >= 0.3 is 0 Å². The van der Waals surface area contributed by atoms with E-state index in [0.29, 0.717) is 11.4 Å². The number of halogens is 7. The lowest BCUT2D eigenvalue weighted by molar-refractivity contribution is 0.564. The summed E-state index contributed by atoms with van der Waals surface area (Å²) in [6.45, 7) is 0. The Morgan fingerprint density at radius 1 is 0.600 bits per heavy atom. The van der Waals surface area contributed by atoms with Crippen LogP contribution in [0.1, 0.15) is 0 Å². The molecule has 4 aromatic carbocycles. The van der Waals surface area contributed by atoms with Crippen LogP contribution in [0, 0.1) is 11.6 Å². The van der Waals surface area contributed by atoms with Crippen LogP contribution in [0.5, 0.6) is 0 Å². The molecule has 0 saturated heterocycles. The molecular formula is C24H15Cl5F2N2S2. The number of benzene rings is 4. The van der Waals surface area contributed by atoms with E-state index in [0.717, 1.165) is 12.1 Å². The van der Waals surface area contributed by atoms with Crippen molar-refractivity contribution in [3.63, 3.8) is 0 Å². The molecule has 0 aliphatic rings. The van der Waals surface area contributed by atoms with Gasteiger partial charge in [0.15, 0.2) is 0 Å². The minimum absolute atomic E-state index is 0.0454. The minimum atomic E-state index is -4.43. The molecule has 0 aromatic heterocycles. The Labute approximate surface area is 230 Å². The number of nitrogens with two attached hydrogens (primary N) is 2. The molecule has 182 valence electrons. The van der Waals surface area contributed by atoms with Gasteiger partial charge in [0.25, 0.3) is 0 Å². The van der Waals surface area contributed by atoms with Crippen molar-refractivity contribution in [1.82, 2.24) is 0 Å². The molecule has 0 radical (unpaired) electrons. The molecule has 35 heavy (non-hydrogen) atoms. The summed E-state index contributed by atoms with van der Waals surface area (Å²) in [5.74, 6) is -1.74. The first-order chi connectivity index (χ1) is 16.4. The maximum Gasteiger partial charge on any atom is 0.139 e. The van der Waals surface area contributed by atoms with Crippen LogP contribution in [0.15, 0.2) is 86.3 Å². The highest BCUT2D eigenvalue weighted by Gasteiger charge is 2.48. The lowest BCUT2D eigenvalue weighted by atomic mass is 10.3. The van der Waals surface area contributed by atoms with Crippen LogP contribution in [0.4, 0.5) is 20.2 Å². The van der Waals surface area contributed by atoms with E-state index in [2.05, 4.69) is 0 Å². The van der Waals surface area contributed by atoms with Gasteiger partial charge in [0.05, 0.1) is 20.1 Å². The van der Waals surface area contributed by atoms with E-state index in [-0.39, 0.29) is 44.7 Å². The van der Waals surface area contributed by atoms with Crippen molar-refractivity contribution in [2.24, 2.45) is 0 Å². The van der Waals surface area contributed by atoms with E-state index in [1.807, 2.05) is 0 Å². The Balaban J connectivity index is 2.44. The summed E-state index contributed by atoms with van der Waals surface area (Å²) in [5.41, 5.74) is 12.6. The third-order valence-corrected chi connectivity index (χ3v) is 14.2. The molecule has 11 heteroatoms. The Morgan fingerprint density at radius 3 is 1.49 bits per heavy atom. The van der Waals surface area contributed by atoms with Gasteiger partial charge in [-0.2, -0.15) is 0 Å². The number of hydrogen-bond acceptors (Lipinski definition) is 3. The number of anilines is 2. The minimum Gasteiger partial charge on any atom is -0.399 e. The highest BCUT2D eigenvalue weighted by molar-refractivity contribution is 8.52. The molecule has 0 heterocycles. The highest BCUT2D eigenvalue weighted by Crippen LogP contribution is 2.64. The SMILES string of the molecule is Nc1ccc(S(=S)(c2ccc(F)cc2F)(c2ccc(N)cc2Cl)c2c(Cl)cc(Cl)cc2Cl)c(Cl)c1. The molecule has 0 bridgehead atoms. The summed E-state index contributed by atoms with van der Waals surface area (Å²) in [6, 6.07) is 15.2. The van der Waals surface area contributed by atoms with Crippen molar-refractivity contribution in [1.29, 1.82) is 0 Å². The van der Waals surface area contributed by atoms with Crippen molar-refractivity contribution >= 4 is 88.3 Å². The molecule has 4 aromatic rings. The third kappa shape index (κ3) is 4.09. The monoisotopic (exact) mass is 608 g/mol. The molecule has 0 fully saturated rings. The molecule has 0 saturated carbocycles.